The Balaban J connectivity index is 2.03. The summed E-state index contributed by atoms with van der Waals surface area (Å²) in [6.45, 7) is 2.75. The number of rotatable bonds is 5. The molecule has 0 fully saturated rings. The van der Waals surface area contributed by atoms with E-state index in [4.69, 9.17) is 4.74 Å². The lowest BCUT2D eigenvalue weighted by atomic mass is 10.0. The molecule has 0 saturated heterocycles. The van der Waals surface area contributed by atoms with Crippen LogP contribution in [0.1, 0.15) is 18.1 Å². The lowest BCUT2D eigenvalue weighted by Gasteiger charge is -2.09. The van der Waals surface area contributed by atoms with Gasteiger partial charge in [-0.25, -0.2) is 0 Å². The maximum Gasteiger partial charge on any atom is 0.122 e. The Morgan fingerprint density at radius 3 is 2.29 bits per heavy atom. The third-order valence-electron chi connectivity index (χ3n) is 2.80. The SMILES string of the molecule is CCOc1ccccc1CCc1ccccc1. The van der Waals surface area contributed by atoms with Gasteiger partial charge in [-0.15, -0.1) is 0 Å². The van der Waals surface area contributed by atoms with Crippen molar-refractivity contribution in [2.45, 2.75) is 19.8 Å². The van der Waals surface area contributed by atoms with E-state index < -0.39 is 0 Å². The standard InChI is InChI=1S/C16H18O/c1-2-17-16-11-7-6-10-15(16)13-12-14-8-4-3-5-9-14/h3-11H,2,12-13H2,1H3. The lowest BCUT2D eigenvalue weighted by Crippen LogP contribution is -1.98. The molecule has 2 aromatic carbocycles. The first kappa shape index (κ1) is 11.7. The Labute approximate surface area is 103 Å². The smallest absolute Gasteiger partial charge is 0.122 e. The van der Waals surface area contributed by atoms with Crippen LogP contribution in [0.5, 0.6) is 5.75 Å². The molecule has 0 spiro atoms. The minimum atomic E-state index is 0.725. The zero-order valence-electron chi connectivity index (χ0n) is 10.2. The fourth-order valence-electron chi connectivity index (χ4n) is 1.93. The highest BCUT2D eigenvalue weighted by Crippen LogP contribution is 2.19. The monoisotopic (exact) mass is 226 g/mol. The van der Waals surface area contributed by atoms with Gasteiger partial charge in [0.2, 0.25) is 0 Å². The fourth-order valence-corrected chi connectivity index (χ4v) is 1.93. The van der Waals surface area contributed by atoms with Crippen molar-refractivity contribution in [2.75, 3.05) is 6.61 Å². The van der Waals surface area contributed by atoms with Crippen molar-refractivity contribution < 1.29 is 4.74 Å². The molecule has 0 N–H and O–H groups in total. The first-order chi connectivity index (χ1) is 8.40. The highest BCUT2D eigenvalue weighted by molar-refractivity contribution is 5.34. The van der Waals surface area contributed by atoms with Crippen molar-refractivity contribution in [3.8, 4) is 5.75 Å². The van der Waals surface area contributed by atoms with Crippen LogP contribution in [0.2, 0.25) is 0 Å². The zero-order chi connectivity index (χ0) is 11.9. The number of hydrogen-bond acceptors (Lipinski definition) is 1. The molecule has 2 aromatic rings. The summed E-state index contributed by atoms with van der Waals surface area (Å²) >= 11 is 0. The Hall–Kier alpha value is -1.76. The van der Waals surface area contributed by atoms with Gasteiger partial charge in [0.15, 0.2) is 0 Å². The van der Waals surface area contributed by atoms with Gasteiger partial charge in [-0.2, -0.15) is 0 Å². The minimum Gasteiger partial charge on any atom is -0.494 e. The average Bonchev–Trinajstić information content (AvgIpc) is 2.39. The number of ether oxygens (including phenoxy) is 1. The predicted octanol–water partition coefficient (Wildman–Crippen LogP) is 3.87. The number of hydrogen-bond donors (Lipinski definition) is 0. The number of benzene rings is 2. The molecule has 0 heterocycles. The van der Waals surface area contributed by atoms with Crippen LogP contribution in [-0.2, 0) is 12.8 Å². The Morgan fingerprint density at radius 1 is 0.824 bits per heavy atom. The second kappa shape index (κ2) is 6.09. The van der Waals surface area contributed by atoms with E-state index in [1.807, 2.05) is 19.1 Å². The Bertz CT molecular complexity index is 448. The molecule has 88 valence electrons. The summed E-state index contributed by atoms with van der Waals surface area (Å²) in [4.78, 5) is 0. The fraction of sp³-hybridized carbons (Fsp3) is 0.250. The van der Waals surface area contributed by atoms with Gasteiger partial charge in [-0.1, -0.05) is 48.5 Å². The van der Waals surface area contributed by atoms with Crippen LogP contribution in [0, 0.1) is 0 Å². The molecule has 17 heavy (non-hydrogen) atoms. The highest BCUT2D eigenvalue weighted by atomic mass is 16.5. The molecular formula is C16H18O. The second-order valence-electron chi connectivity index (χ2n) is 4.03. The van der Waals surface area contributed by atoms with Crippen molar-refractivity contribution in [1.29, 1.82) is 0 Å². The molecule has 0 bridgehead atoms. The third kappa shape index (κ3) is 3.35. The van der Waals surface area contributed by atoms with Crippen molar-refractivity contribution in [3.05, 3.63) is 65.7 Å². The minimum absolute atomic E-state index is 0.725. The molecule has 0 aliphatic heterocycles. The number of para-hydroxylation sites is 1. The summed E-state index contributed by atoms with van der Waals surface area (Å²) in [5.74, 6) is 1.02. The summed E-state index contributed by atoms with van der Waals surface area (Å²) in [5.41, 5.74) is 2.66. The summed E-state index contributed by atoms with van der Waals surface area (Å²) < 4.78 is 5.63. The Morgan fingerprint density at radius 2 is 1.53 bits per heavy atom. The van der Waals surface area contributed by atoms with Crippen LogP contribution in [0.25, 0.3) is 0 Å². The zero-order valence-corrected chi connectivity index (χ0v) is 10.2. The normalized spacial score (nSPS) is 10.2. The molecule has 2 rings (SSSR count). The molecule has 0 saturated carbocycles. The van der Waals surface area contributed by atoms with E-state index in [2.05, 4.69) is 42.5 Å². The topological polar surface area (TPSA) is 9.23 Å². The van der Waals surface area contributed by atoms with Crippen LogP contribution in [-0.4, -0.2) is 6.61 Å². The maximum absolute atomic E-state index is 5.63. The molecule has 0 aliphatic rings. The maximum atomic E-state index is 5.63. The summed E-state index contributed by atoms with van der Waals surface area (Å²) in [6.07, 6.45) is 2.09. The molecule has 0 aliphatic carbocycles. The first-order valence-electron chi connectivity index (χ1n) is 6.15. The quantitative estimate of drug-likeness (QED) is 0.752. The van der Waals surface area contributed by atoms with Gasteiger partial charge in [0.05, 0.1) is 6.61 Å². The Kier molecular flexibility index (Phi) is 4.20. The lowest BCUT2D eigenvalue weighted by molar-refractivity contribution is 0.336. The van der Waals surface area contributed by atoms with Gasteiger partial charge in [0.25, 0.3) is 0 Å². The molecule has 0 radical (unpaired) electrons. The van der Waals surface area contributed by atoms with E-state index in [1.165, 1.54) is 11.1 Å². The highest BCUT2D eigenvalue weighted by Gasteiger charge is 2.02. The molecule has 1 heteroatoms. The summed E-state index contributed by atoms with van der Waals surface area (Å²) in [7, 11) is 0. The summed E-state index contributed by atoms with van der Waals surface area (Å²) in [5, 5.41) is 0. The molecule has 0 atom stereocenters. The van der Waals surface area contributed by atoms with Crippen molar-refractivity contribution in [1.82, 2.24) is 0 Å². The average molecular weight is 226 g/mol. The molecule has 0 aromatic heterocycles. The van der Waals surface area contributed by atoms with Gasteiger partial charge < -0.3 is 4.74 Å². The van der Waals surface area contributed by atoms with Crippen LogP contribution < -0.4 is 4.74 Å². The largest absolute Gasteiger partial charge is 0.494 e. The first-order valence-corrected chi connectivity index (χ1v) is 6.15. The van der Waals surface area contributed by atoms with E-state index in [0.29, 0.717) is 0 Å². The van der Waals surface area contributed by atoms with Crippen molar-refractivity contribution in [3.63, 3.8) is 0 Å². The summed E-state index contributed by atoms with van der Waals surface area (Å²) in [6, 6.07) is 18.9. The van der Waals surface area contributed by atoms with E-state index in [9.17, 15) is 0 Å². The van der Waals surface area contributed by atoms with Gasteiger partial charge in [-0.3, -0.25) is 0 Å². The van der Waals surface area contributed by atoms with E-state index >= 15 is 0 Å². The van der Waals surface area contributed by atoms with E-state index in [1.54, 1.807) is 0 Å². The molecule has 0 amide bonds. The predicted molar refractivity (Wildman–Crippen MR) is 71.5 cm³/mol. The van der Waals surface area contributed by atoms with Gasteiger partial charge in [0.1, 0.15) is 5.75 Å². The van der Waals surface area contributed by atoms with Crippen LogP contribution in [0.15, 0.2) is 54.6 Å². The second-order valence-corrected chi connectivity index (χ2v) is 4.03. The van der Waals surface area contributed by atoms with E-state index in [-0.39, 0.29) is 0 Å². The third-order valence-corrected chi connectivity index (χ3v) is 2.80. The molecule has 0 unspecified atom stereocenters. The van der Waals surface area contributed by atoms with Crippen molar-refractivity contribution >= 4 is 0 Å². The van der Waals surface area contributed by atoms with Crippen LogP contribution in [0.4, 0.5) is 0 Å². The molecular weight excluding hydrogens is 208 g/mol. The number of aryl methyl sites for hydroxylation is 2. The van der Waals surface area contributed by atoms with Crippen LogP contribution >= 0.6 is 0 Å². The van der Waals surface area contributed by atoms with Crippen molar-refractivity contribution in [2.24, 2.45) is 0 Å². The van der Waals surface area contributed by atoms with Crippen LogP contribution in [0.3, 0.4) is 0 Å². The van der Waals surface area contributed by atoms with Gasteiger partial charge >= 0.3 is 0 Å². The molecule has 1 nitrogen and oxygen atoms in total. The van der Waals surface area contributed by atoms with E-state index in [0.717, 1.165) is 25.2 Å². The van der Waals surface area contributed by atoms with Gasteiger partial charge in [-0.05, 0) is 37.0 Å². The van der Waals surface area contributed by atoms with Gasteiger partial charge in [0, 0.05) is 0 Å².